The maximum Gasteiger partial charge on any atom is 0.416 e. The second-order valence-corrected chi connectivity index (χ2v) is 10.3. The van der Waals surface area contributed by atoms with E-state index in [-0.39, 0.29) is 25.4 Å². The Bertz CT molecular complexity index is 1430. The molecule has 2 aliphatic rings. The monoisotopic (exact) mass is 510 g/mol. The van der Waals surface area contributed by atoms with Crippen LogP contribution in [0.4, 0.5) is 13.2 Å². The molecular weight excluding hydrogens is 489 g/mol. The minimum absolute atomic E-state index is 0.0488. The van der Waals surface area contributed by atoms with Crippen molar-refractivity contribution in [1.29, 1.82) is 0 Å². The number of sulfonamides is 1. The van der Waals surface area contributed by atoms with Crippen LogP contribution < -0.4 is 15.0 Å². The van der Waals surface area contributed by atoms with Gasteiger partial charge in [0.1, 0.15) is 0 Å². The lowest BCUT2D eigenvalue weighted by Gasteiger charge is -2.25. The van der Waals surface area contributed by atoms with Crippen LogP contribution in [-0.4, -0.2) is 43.8 Å². The van der Waals surface area contributed by atoms with E-state index in [1.807, 2.05) is 0 Å². The first-order valence-corrected chi connectivity index (χ1v) is 12.3. The van der Waals surface area contributed by atoms with Crippen molar-refractivity contribution < 1.29 is 35.8 Å². The average molecular weight is 510 g/mol. The van der Waals surface area contributed by atoms with E-state index in [0.29, 0.717) is 41.5 Å². The van der Waals surface area contributed by atoms with Crippen LogP contribution in [0.1, 0.15) is 24.0 Å². The number of H-pyrrole nitrogens is 1. The zero-order valence-electron chi connectivity index (χ0n) is 18.3. The molecule has 1 unspecified atom stereocenters. The van der Waals surface area contributed by atoms with Gasteiger partial charge in [0.05, 0.1) is 22.1 Å². The molecule has 2 aromatic carbocycles. The summed E-state index contributed by atoms with van der Waals surface area (Å²) in [5.41, 5.74) is -0.984. The number of ether oxygens (including phenoxy) is 3. The number of pyridine rings is 1. The van der Waals surface area contributed by atoms with Crippen molar-refractivity contribution in [3.8, 4) is 11.5 Å². The highest BCUT2D eigenvalue weighted by Crippen LogP contribution is 2.35. The van der Waals surface area contributed by atoms with E-state index in [1.54, 1.807) is 18.2 Å². The molecule has 0 saturated carbocycles. The van der Waals surface area contributed by atoms with Crippen LogP contribution in [0, 0.1) is 0 Å². The molecule has 1 fully saturated rings. The molecule has 3 heterocycles. The number of benzene rings is 2. The van der Waals surface area contributed by atoms with Gasteiger partial charge < -0.3 is 19.2 Å². The Morgan fingerprint density at radius 2 is 1.86 bits per heavy atom. The molecule has 1 N–H and O–H groups in total. The topological polar surface area (TPSA) is 97.9 Å². The number of fused-ring (bicyclic) bond motifs is 2. The van der Waals surface area contributed by atoms with E-state index in [9.17, 15) is 26.4 Å². The van der Waals surface area contributed by atoms with Crippen LogP contribution in [0.25, 0.3) is 10.9 Å². The number of halogens is 3. The minimum Gasteiger partial charge on any atom is -0.454 e. The van der Waals surface area contributed by atoms with Crippen LogP contribution in [0.3, 0.4) is 0 Å². The van der Waals surface area contributed by atoms with Crippen molar-refractivity contribution in [2.24, 2.45) is 0 Å². The number of aromatic nitrogens is 1. The molecule has 1 saturated heterocycles. The molecular formula is C23H21F3N2O6S. The Morgan fingerprint density at radius 3 is 2.57 bits per heavy atom. The fourth-order valence-electron chi connectivity index (χ4n) is 4.19. The predicted molar refractivity (Wildman–Crippen MR) is 119 cm³/mol. The number of nitrogens with zero attached hydrogens (tertiary/aromatic N) is 1. The average Bonchev–Trinajstić information content (AvgIpc) is 3.49. The quantitative estimate of drug-likeness (QED) is 0.544. The third-order valence-corrected chi connectivity index (χ3v) is 7.80. The zero-order valence-corrected chi connectivity index (χ0v) is 19.1. The zero-order chi connectivity index (χ0) is 24.8. The molecule has 8 nitrogen and oxygen atoms in total. The number of hydrogen-bond donors (Lipinski definition) is 1. The van der Waals surface area contributed by atoms with Crippen LogP contribution in [0.2, 0.25) is 0 Å². The van der Waals surface area contributed by atoms with Crippen molar-refractivity contribution in [3.63, 3.8) is 0 Å². The van der Waals surface area contributed by atoms with Crippen LogP contribution in [0.15, 0.2) is 52.2 Å². The molecule has 1 aromatic heterocycles. The van der Waals surface area contributed by atoms with Crippen LogP contribution in [0.5, 0.6) is 11.5 Å². The lowest BCUT2D eigenvalue weighted by Crippen LogP contribution is -2.38. The van der Waals surface area contributed by atoms with Gasteiger partial charge in [-0.2, -0.15) is 17.5 Å². The fraction of sp³-hybridized carbons (Fsp3) is 0.348. The SMILES string of the molecule is O=c1[nH]c2cc3c(cc2cc1CN(CC1CCCO1)S(=O)(=O)c1cccc(C(F)(F)F)c1)OCO3. The summed E-state index contributed by atoms with van der Waals surface area (Å²) in [7, 11) is -4.39. The molecule has 3 aromatic rings. The van der Waals surface area contributed by atoms with E-state index < -0.39 is 38.3 Å². The van der Waals surface area contributed by atoms with Gasteiger partial charge in [-0.3, -0.25) is 4.79 Å². The summed E-state index contributed by atoms with van der Waals surface area (Å²) in [6, 6.07) is 8.39. The Balaban J connectivity index is 1.53. The second kappa shape index (κ2) is 8.85. The number of rotatable bonds is 6. The van der Waals surface area contributed by atoms with Crippen molar-refractivity contribution in [2.45, 2.75) is 36.6 Å². The van der Waals surface area contributed by atoms with Crippen molar-refractivity contribution in [1.82, 2.24) is 9.29 Å². The molecule has 0 spiro atoms. The van der Waals surface area contributed by atoms with E-state index in [1.165, 1.54) is 0 Å². The summed E-state index contributed by atoms with van der Waals surface area (Å²) < 4.78 is 83.9. The van der Waals surface area contributed by atoms with Gasteiger partial charge in [0.2, 0.25) is 16.8 Å². The smallest absolute Gasteiger partial charge is 0.416 e. The van der Waals surface area contributed by atoms with Gasteiger partial charge in [0, 0.05) is 36.7 Å². The normalized spacial score (nSPS) is 18.0. The molecule has 12 heteroatoms. The standard InChI is InChI=1S/C23H21F3N2O6S/c24-23(25,26)16-3-1-5-18(9-16)35(30,31)28(12-17-4-2-6-32-17)11-15-7-14-8-20-21(34-13-33-20)10-19(14)27-22(15)29/h1,3,5,7-10,17H,2,4,6,11-13H2,(H,27,29). The molecule has 186 valence electrons. The molecule has 0 radical (unpaired) electrons. The number of aromatic amines is 1. The maximum absolute atomic E-state index is 13.5. The summed E-state index contributed by atoms with van der Waals surface area (Å²) in [5, 5.41) is 0.595. The Labute approximate surface area is 198 Å². The molecule has 0 aliphatic carbocycles. The lowest BCUT2D eigenvalue weighted by atomic mass is 10.1. The third kappa shape index (κ3) is 4.73. The highest BCUT2D eigenvalue weighted by atomic mass is 32.2. The highest BCUT2D eigenvalue weighted by Gasteiger charge is 2.34. The first kappa shape index (κ1) is 23.6. The second-order valence-electron chi connectivity index (χ2n) is 8.37. The summed E-state index contributed by atoms with van der Waals surface area (Å²) in [6.07, 6.45) is -3.78. The summed E-state index contributed by atoms with van der Waals surface area (Å²) in [6.45, 7) is 0.0638. The number of alkyl halides is 3. The van der Waals surface area contributed by atoms with Crippen LogP contribution >= 0.6 is 0 Å². The summed E-state index contributed by atoms with van der Waals surface area (Å²) in [5.74, 6) is 0.969. The largest absolute Gasteiger partial charge is 0.454 e. The van der Waals surface area contributed by atoms with Gasteiger partial charge in [-0.05, 0) is 43.2 Å². The highest BCUT2D eigenvalue weighted by molar-refractivity contribution is 7.89. The van der Waals surface area contributed by atoms with E-state index in [4.69, 9.17) is 14.2 Å². The van der Waals surface area contributed by atoms with Gasteiger partial charge in [0.15, 0.2) is 11.5 Å². The van der Waals surface area contributed by atoms with E-state index in [0.717, 1.165) is 28.9 Å². The molecule has 5 rings (SSSR count). The van der Waals surface area contributed by atoms with Gasteiger partial charge in [-0.1, -0.05) is 6.07 Å². The maximum atomic E-state index is 13.5. The first-order chi connectivity index (χ1) is 16.6. The van der Waals surface area contributed by atoms with E-state index >= 15 is 0 Å². The van der Waals surface area contributed by atoms with Crippen molar-refractivity contribution in [3.05, 3.63) is 63.9 Å². The van der Waals surface area contributed by atoms with Gasteiger partial charge in [0.25, 0.3) is 5.56 Å². The lowest BCUT2D eigenvalue weighted by molar-refractivity contribution is -0.137. The Morgan fingerprint density at radius 1 is 1.09 bits per heavy atom. The number of hydrogen-bond acceptors (Lipinski definition) is 6. The van der Waals surface area contributed by atoms with Crippen LogP contribution in [-0.2, 0) is 27.5 Å². The molecule has 35 heavy (non-hydrogen) atoms. The Kier molecular flexibility index (Phi) is 5.98. The molecule has 2 aliphatic heterocycles. The van der Waals surface area contributed by atoms with Crippen molar-refractivity contribution >= 4 is 20.9 Å². The molecule has 1 atom stereocenters. The molecule has 0 amide bonds. The molecule has 0 bridgehead atoms. The van der Waals surface area contributed by atoms with Crippen molar-refractivity contribution in [2.75, 3.05) is 19.9 Å². The van der Waals surface area contributed by atoms with Gasteiger partial charge in [-0.15, -0.1) is 0 Å². The fourth-order valence-corrected chi connectivity index (χ4v) is 5.69. The summed E-state index contributed by atoms with van der Waals surface area (Å²) in [4.78, 5) is 15.0. The summed E-state index contributed by atoms with van der Waals surface area (Å²) >= 11 is 0. The third-order valence-electron chi connectivity index (χ3n) is 5.99. The predicted octanol–water partition coefficient (Wildman–Crippen LogP) is 3.65. The minimum atomic E-state index is -4.70. The Hall–Kier alpha value is -3.09. The first-order valence-electron chi connectivity index (χ1n) is 10.9. The van der Waals surface area contributed by atoms with Gasteiger partial charge in [-0.25, -0.2) is 8.42 Å². The van der Waals surface area contributed by atoms with Gasteiger partial charge >= 0.3 is 6.18 Å². The number of nitrogens with one attached hydrogen (secondary N) is 1. The van der Waals surface area contributed by atoms with E-state index in [2.05, 4.69) is 4.98 Å².